The Kier molecular flexibility index (Phi) is 5.20. The van der Waals surface area contributed by atoms with Crippen LogP contribution in [-0.4, -0.2) is 57.3 Å². The maximum Gasteiger partial charge on any atom is 0.289 e. The number of aryl methyl sites for hydroxylation is 1. The van der Waals surface area contributed by atoms with E-state index < -0.39 is 0 Å². The average molecular weight is 392 g/mol. The third-order valence-electron chi connectivity index (χ3n) is 5.44. The third-order valence-corrected chi connectivity index (χ3v) is 5.44. The van der Waals surface area contributed by atoms with Crippen LogP contribution >= 0.6 is 0 Å². The molecule has 0 spiro atoms. The van der Waals surface area contributed by atoms with E-state index in [1.807, 2.05) is 43.0 Å². The van der Waals surface area contributed by atoms with Crippen molar-refractivity contribution in [1.82, 2.24) is 19.4 Å². The summed E-state index contributed by atoms with van der Waals surface area (Å²) in [7, 11) is 0. The van der Waals surface area contributed by atoms with Gasteiger partial charge in [0.05, 0.1) is 24.1 Å². The molecular formula is C22H24N4O3. The van der Waals surface area contributed by atoms with Crippen LogP contribution in [0.5, 0.6) is 0 Å². The van der Waals surface area contributed by atoms with Gasteiger partial charge in [0, 0.05) is 43.8 Å². The summed E-state index contributed by atoms with van der Waals surface area (Å²) < 4.78 is 7.31. The normalized spacial score (nSPS) is 14.3. The van der Waals surface area contributed by atoms with E-state index in [0.717, 1.165) is 17.1 Å². The number of hydrogen-bond acceptors (Lipinski definition) is 4. The number of hydrogen-bond donors (Lipinski definition) is 0. The van der Waals surface area contributed by atoms with Crippen LogP contribution in [0.2, 0.25) is 0 Å². The molecule has 4 heterocycles. The Bertz CT molecular complexity index is 1000. The number of amides is 2. The summed E-state index contributed by atoms with van der Waals surface area (Å²) >= 11 is 0. The molecule has 4 rings (SSSR count). The zero-order chi connectivity index (χ0) is 20.4. The minimum atomic E-state index is -0.129. The van der Waals surface area contributed by atoms with Gasteiger partial charge in [-0.3, -0.25) is 14.6 Å². The predicted octanol–water partition coefficient (Wildman–Crippen LogP) is 2.74. The van der Waals surface area contributed by atoms with Crippen molar-refractivity contribution in [3.63, 3.8) is 0 Å². The molecule has 0 radical (unpaired) electrons. The zero-order valence-corrected chi connectivity index (χ0v) is 16.7. The number of furan rings is 1. The van der Waals surface area contributed by atoms with E-state index in [1.165, 1.54) is 6.26 Å². The van der Waals surface area contributed by atoms with Gasteiger partial charge in [-0.2, -0.15) is 0 Å². The van der Waals surface area contributed by atoms with Crippen LogP contribution in [0.4, 0.5) is 0 Å². The number of rotatable bonds is 4. The average Bonchev–Trinajstić information content (AvgIpc) is 3.38. The van der Waals surface area contributed by atoms with E-state index in [4.69, 9.17) is 4.42 Å². The molecule has 0 unspecified atom stereocenters. The van der Waals surface area contributed by atoms with Crippen molar-refractivity contribution in [2.24, 2.45) is 0 Å². The zero-order valence-electron chi connectivity index (χ0n) is 16.7. The molecule has 1 saturated heterocycles. The Balaban J connectivity index is 1.44. The van der Waals surface area contributed by atoms with Gasteiger partial charge in [-0.25, -0.2) is 0 Å². The lowest BCUT2D eigenvalue weighted by Crippen LogP contribution is -2.50. The van der Waals surface area contributed by atoms with E-state index in [9.17, 15) is 9.59 Å². The van der Waals surface area contributed by atoms with E-state index in [1.54, 1.807) is 23.2 Å². The Hall–Kier alpha value is -3.35. The number of aromatic nitrogens is 2. The van der Waals surface area contributed by atoms with Crippen LogP contribution in [0.25, 0.3) is 0 Å². The van der Waals surface area contributed by atoms with Crippen LogP contribution in [-0.2, 0) is 6.54 Å². The van der Waals surface area contributed by atoms with E-state index >= 15 is 0 Å². The highest BCUT2D eigenvalue weighted by molar-refractivity contribution is 5.96. The molecule has 1 aliphatic rings. The first kappa shape index (κ1) is 19.0. The van der Waals surface area contributed by atoms with Crippen molar-refractivity contribution in [2.45, 2.75) is 20.4 Å². The molecule has 0 aliphatic carbocycles. The molecule has 1 fully saturated rings. The molecule has 3 aromatic rings. The summed E-state index contributed by atoms with van der Waals surface area (Å²) in [5.74, 6) is 0.217. The van der Waals surface area contributed by atoms with Crippen molar-refractivity contribution in [2.75, 3.05) is 26.2 Å². The number of pyridine rings is 1. The quantitative estimate of drug-likeness (QED) is 0.684. The SMILES string of the molecule is Cc1cc(C(=O)N2CCN(C(=O)c3ccco3)CC2)c(C)n1Cc1ccccn1. The Morgan fingerprint density at radius 1 is 1.00 bits per heavy atom. The molecule has 2 amide bonds. The van der Waals surface area contributed by atoms with Crippen LogP contribution in [0.15, 0.2) is 53.3 Å². The van der Waals surface area contributed by atoms with Crippen LogP contribution < -0.4 is 0 Å². The Labute approximate surface area is 169 Å². The molecular weight excluding hydrogens is 368 g/mol. The maximum atomic E-state index is 13.1. The maximum absolute atomic E-state index is 13.1. The largest absolute Gasteiger partial charge is 0.459 e. The number of carbonyl (C=O) groups is 2. The lowest BCUT2D eigenvalue weighted by molar-refractivity contribution is 0.0517. The molecule has 29 heavy (non-hydrogen) atoms. The summed E-state index contributed by atoms with van der Waals surface area (Å²) in [6.45, 7) is 6.63. The van der Waals surface area contributed by atoms with Gasteiger partial charge in [0.1, 0.15) is 0 Å². The molecule has 7 heteroatoms. The van der Waals surface area contributed by atoms with E-state index in [-0.39, 0.29) is 11.8 Å². The second-order valence-corrected chi connectivity index (χ2v) is 7.25. The Morgan fingerprint density at radius 3 is 2.34 bits per heavy atom. The van der Waals surface area contributed by atoms with Gasteiger partial charge in [-0.1, -0.05) is 6.07 Å². The molecule has 0 atom stereocenters. The summed E-state index contributed by atoms with van der Waals surface area (Å²) in [6, 6.07) is 11.1. The summed E-state index contributed by atoms with van der Waals surface area (Å²) in [4.78, 5) is 33.5. The van der Waals surface area contributed by atoms with Crippen molar-refractivity contribution in [1.29, 1.82) is 0 Å². The molecule has 0 N–H and O–H groups in total. The van der Waals surface area contributed by atoms with Crippen molar-refractivity contribution in [3.8, 4) is 0 Å². The lowest BCUT2D eigenvalue weighted by Gasteiger charge is -2.34. The highest BCUT2D eigenvalue weighted by Crippen LogP contribution is 2.20. The van der Waals surface area contributed by atoms with Crippen molar-refractivity contribution in [3.05, 3.63) is 77.3 Å². The molecule has 0 aromatic carbocycles. The van der Waals surface area contributed by atoms with Gasteiger partial charge in [-0.15, -0.1) is 0 Å². The highest BCUT2D eigenvalue weighted by atomic mass is 16.3. The molecule has 1 aliphatic heterocycles. The first-order valence-corrected chi connectivity index (χ1v) is 9.73. The fraction of sp³-hybridized carbons (Fsp3) is 0.318. The third kappa shape index (κ3) is 3.81. The van der Waals surface area contributed by atoms with E-state index in [0.29, 0.717) is 44.0 Å². The predicted molar refractivity (Wildman–Crippen MR) is 108 cm³/mol. The fourth-order valence-electron chi connectivity index (χ4n) is 3.75. The van der Waals surface area contributed by atoms with Gasteiger partial charge in [0.2, 0.25) is 0 Å². The summed E-state index contributed by atoms with van der Waals surface area (Å²) in [5.41, 5.74) is 3.64. The number of piperazine rings is 1. The molecule has 7 nitrogen and oxygen atoms in total. The van der Waals surface area contributed by atoms with Gasteiger partial charge < -0.3 is 18.8 Å². The van der Waals surface area contributed by atoms with Gasteiger partial charge in [0.15, 0.2) is 5.76 Å². The highest BCUT2D eigenvalue weighted by Gasteiger charge is 2.28. The minimum absolute atomic E-state index is 0.00969. The molecule has 150 valence electrons. The van der Waals surface area contributed by atoms with Gasteiger partial charge in [0.25, 0.3) is 11.8 Å². The Morgan fingerprint density at radius 2 is 1.72 bits per heavy atom. The topological polar surface area (TPSA) is 71.6 Å². The van der Waals surface area contributed by atoms with Gasteiger partial charge in [-0.05, 0) is 44.2 Å². The molecule has 3 aromatic heterocycles. The summed E-state index contributed by atoms with van der Waals surface area (Å²) in [6.07, 6.45) is 3.27. The summed E-state index contributed by atoms with van der Waals surface area (Å²) in [5, 5.41) is 0. The van der Waals surface area contributed by atoms with Crippen molar-refractivity contribution < 1.29 is 14.0 Å². The van der Waals surface area contributed by atoms with Crippen LogP contribution in [0.1, 0.15) is 38.0 Å². The van der Waals surface area contributed by atoms with Crippen LogP contribution in [0, 0.1) is 13.8 Å². The second-order valence-electron chi connectivity index (χ2n) is 7.25. The fourth-order valence-corrected chi connectivity index (χ4v) is 3.75. The minimum Gasteiger partial charge on any atom is -0.459 e. The monoisotopic (exact) mass is 392 g/mol. The van der Waals surface area contributed by atoms with Gasteiger partial charge >= 0.3 is 0 Å². The molecule has 0 bridgehead atoms. The van der Waals surface area contributed by atoms with E-state index in [2.05, 4.69) is 9.55 Å². The van der Waals surface area contributed by atoms with Crippen molar-refractivity contribution >= 4 is 11.8 Å². The first-order chi connectivity index (χ1) is 14.0. The smallest absolute Gasteiger partial charge is 0.289 e. The lowest BCUT2D eigenvalue weighted by atomic mass is 10.2. The number of nitrogens with zero attached hydrogens (tertiary/aromatic N) is 4. The standard InChI is InChI=1S/C22H24N4O3/c1-16-14-19(17(2)26(16)15-18-6-3-4-8-23-18)21(27)24-9-11-25(12-10-24)22(28)20-7-5-13-29-20/h3-8,13-14H,9-12,15H2,1-2H3. The first-order valence-electron chi connectivity index (χ1n) is 9.73. The second kappa shape index (κ2) is 7.95. The molecule has 0 saturated carbocycles. The number of carbonyl (C=O) groups excluding carboxylic acids is 2. The van der Waals surface area contributed by atoms with Crippen LogP contribution in [0.3, 0.4) is 0 Å².